The van der Waals surface area contributed by atoms with Crippen LogP contribution in [0.1, 0.15) is 18.9 Å². The Hall–Kier alpha value is 0.01000. The Balaban J connectivity index is 0.00000225. The number of benzene rings is 1. The zero-order valence-corrected chi connectivity index (χ0v) is 11.4. The van der Waals surface area contributed by atoms with E-state index in [-0.39, 0.29) is 25.1 Å². The van der Waals surface area contributed by atoms with Crippen molar-refractivity contribution < 1.29 is 5.11 Å². The molecule has 2 nitrogen and oxygen atoms in total. The van der Waals surface area contributed by atoms with Crippen LogP contribution in [0, 0.1) is 0 Å². The van der Waals surface area contributed by atoms with E-state index in [1.165, 1.54) is 0 Å². The quantitative estimate of drug-likeness (QED) is 0.870. The second-order valence-electron chi connectivity index (χ2n) is 3.42. The number of aliphatic hydroxyl groups is 1. The summed E-state index contributed by atoms with van der Waals surface area (Å²) < 4.78 is 0. The predicted molar refractivity (Wildman–Crippen MR) is 71.7 cm³/mol. The second kappa shape index (κ2) is 8.15. The van der Waals surface area contributed by atoms with Crippen molar-refractivity contribution in [2.45, 2.75) is 25.9 Å². The average Bonchev–Trinajstić information content (AvgIpc) is 2.24. The van der Waals surface area contributed by atoms with Gasteiger partial charge in [-0.15, -0.1) is 12.4 Å². The van der Waals surface area contributed by atoms with Gasteiger partial charge in [0.05, 0.1) is 16.7 Å². The molecule has 1 unspecified atom stereocenters. The van der Waals surface area contributed by atoms with Crippen LogP contribution in [0.4, 0.5) is 0 Å². The minimum atomic E-state index is 0. The van der Waals surface area contributed by atoms with Crippen LogP contribution in [0.15, 0.2) is 18.2 Å². The van der Waals surface area contributed by atoms with Crippen molar-refractivity contribution in [3.63, 3.8) is 0 Å². The van der Waals surface area contributed by atoms with E-state index < -0.39 is 0 Å². The van der Waals surface area contributed by atoms with Gasteiger partial charge in [0.1, 0.15) is 0 Å². The molecular weight excluding hydrogens is 268 g/mol. The SMILES string of the molecule is CCC(CO)NCc1ccc(Cl)c(Cl)c1.Cl. The van der Waals surface area contributed by atoms with Gasteiger partial charge < -0.3 is 10.4 Å². The molecule has 0 aliphatic heterocycles. The summed E-state index contributed by atoms with van der Waals surface area (Å²) in [6.07, 6.45) is 0.901. The third-order valence-electron chi connectivity index (χ3n) is 2.29. The Labute approximate surface area is 112 Å². The van der Waals surface area contributed by atoms with E-state index in [2.05, 4.69) is 5.32 Å². The first kappa shape index (κ1) is 16.0. The molecule has 0 aliphatic carbocycles. The average molecular weight is 285 g/mol. The first-order valence-corrected chi connectivity index (χ1v) is 5.71. The molecule has 0 aliphatic rings. The highest BCUT2D eigenvalue weighted by atomic mass is 35.5. The summed E-state index contributed by atoms with van der Waals surface area (Å²) in [4.78, 5) is 0. The lowest BCUT2D eigenvalue weighted by molar-refractivity contribution is 0.238. The molecule has 0 saturated heterocycles. The van der Waals surface area contributed by atoms with Crippen LogP contribution in [0.25, 0.3) is 0 Å². The maximum atomic E-state index is 8.99. The van der Waals surface area contributed by atoms with Gasteiger partial charge in [-0.2, -0.15) is 0 Å². The maximum Gasteiger partial charge on any atom is 0.0595 e. The van der Waals surface area contributed by atoms with Gasteiger partial charge in [-0.05, 0) is 24.1 Å². The van der Waals surface area contributed by atoms with Gasteiger partial charge in [-0.25, -0.2) is 0 Å². The summed E-state index contributed by atoms with van der Waals surface area (Å²) in [5.74, 6) is 0. The first-order valence-electron chi connectivity index (χ1n) is 4.95. The van der Waals surface area contributed by atoms with E-state index in [1.54, 1.807) is 6.07 Å². The normalized spacial score (nSPS) is 12.0. The van der Waals surface area contributed by atoms with Crippen molar-refractivity contribution in [2.75, 3.05) is 6.61 Å². The van der Waals surface area contributed by atoms with Crippen LogP contribution in [0.3, 0.4) is 0 Å². The molecule has 2 N–H and O–H groups in total. The van der Waals surface area contributed by atoms with Crippen molar-refractivity contribution >= 4 is 35.6 Å². The fourth-order valence-corrected chi connectivity index (χ4v) is 1.57. The summed E-state index contributed by atoms with van der Waals surface area (Å²) in [5, 5.41) is 13.4. The van der Waals surface area contributed by atoms with E-state index in [0.29, 0.717) is 16.6 Å². The third kappa shape index (κ3) is 4.89. The monoisotopic (exact) mass is 283 g/mol. The Morgan fingerprint density at radius 1 is 1.31 bits per heavy atom. The highest BCUT2D eigenvalue weighted by Crippen LogP contribution is 2.22. The van der Waals surface area contributed by atoms with Crippen LogP contribution in [0.2, 0.25) is 10.0 Å². The van der Waals surface area contributed by atoms with Gasteiger partial charge >= 0.3 is 0 Å². The molecule has 0 fully saturated rings. The fraction of sp³-hybridized carbons (Fsp3) is 0.455. The van der Waals surface area contributed by atoms with Crippen molar-refractivity contribution in [2.24, 2.45) is 0 Å². The number of aliphatic hydroxyl groups excluding tert-OH is 1. The number of rotatable bonds is 5. The summed E-state index contributed by atoms with van der Waals surface area (Å²) in [5.41, 5.74) is 1.07. The molecule has 1 rings (SSSR count). The molecule has 0 bridgehead atoms. The lowest BCUT2D eigenvalue weighted by Crippen LogP contribution is -2.31. The Bertz CT molecular complexity index is 316. The predicted octanol–water partition coefficient (Wildman–Crippen LogP) is 3.28. The number of halogens is 3. The summed E-state index contributed by atoms with van der Waals surface area (Å²) in [6, 6.07) is 5.67. The van der Waals surface area contributed by atoms with E-state index in [9.17, 15) is 0 Å². The van der Waals surface area contributed by atoms with Gasteiger partial charge in [0.2, 0.25) is 0 Å². The molecular formula is C11H16Cl3NO. The lowest BCUT2D eigenvalue weighted by atomic mass is 10.2. The molecule has 5 heteroatoms. The molecule has 0 spiro atoms. The van der Waals surface area contributed by atoms with Crippen LogP contribution in [-0.4, -0.2) is 17.8 Å². The molecule has 0 amide bonds. The summed E-state index contributed by atoms with van der Waals surface area (Å²) in [7, 11) is 0. The topological polar surface area (TPSA) is 32.3 Å². The smallest absolute Gasteiger partial charge is 0.0595 e. The van der Waals surface area contributed by atoms with Gasteiger partial charge in [0, 0.05) is 12.6 Å². The van der Waals surface area contributed by atoms with Crippen LogP contribution in [-0.2, 0) is 6.54 Å². The molecule has 92 valence electrons. The minimum absolute atomic E-state index is 0. The van der Waals surface area contributed by atoms with Crippen LogP contribution >= 0.6 is 35.6 Å². The molecule has 1 aromatic carbocycles. The fourth-order valence-electron chi connectivity index (χ4n) is 1.25. The third-order valence-corrected chi connectivity index (χ3v) is 3.03. The Morgan fingerprint density at radius 3 is 2.50 bits per heavy atom. The van der Waals surface area contributed by atoms with Crippen molar-refractivity contribution in [3.05, 3.63) is 33.8 Å². The molecule has 0 aromatic heterocycles. The summed E-state index contributed by atoms with van der Waals surface area (Å²) in [6.45, 7) is 2.87. The zero-order valence-electron chi connectivity index (χ0n) is 9.04. The van der Waals surface area contributed by atoms with Crippen molar-refractivity contribution in [1.29, 1.82) is 0 Å². The number of nitrogens with one attached hydrogen (secondary N) is 1. The molecule has 0 radical (unpaired) electrons. The molecule has 16 heavy (non-hydrogen) atoms. The maximum absolute atomic E-state index is 8.99. The molecule has 1 atom stereocenters. The zero-order chi connectivity index (χ0) is 11.3. The van der Waals surface area contributed by atoms with Gasteiger partial charge in [0.25, 0.3) is 0 Å². The van der Waals surface area contributed by atoms with Gasteiger partial charge in [-0.1, -0.05) is 36.2 Å². The standard InChI is InChI=1S/C11H15Cl2NO.ClH/c1-2-9(7-15)14-6-8-3-4-10(12)11(13)5-8;/h3-5,9,14-15H,2,6-7H2,1H3;1H. The largest absolute Gasteiger partial charge is 0.395 e. The van der Waals surface area contributed by atoms with E-state index in [0.717, 1.165) is 12.0 Å². The van der Waals surface area contributed by atoms with Crippen LogP contribution in [0.5, 0.6) is 0 Å². The number of hydrogen-bond acceptors (Lipinski definition) is 2. The second-order valence-corrected chi connectivity index (χ2v) is 4.23. The van der Waals surface area contributed by atoms with E-state index >= 15 is 0 Å². The Morgan fingerprint density at radius 2 is 2.00 bits per heavy atom. The van der Waals surface area contributed by atoms with Gasteiger partial charge in [0.15, 0.2) is 0 Å². The highest BCUT2D eigenvalue weighted by Gasteiger charge is 2.04. The van der Waals surface area contributed by atoms with E-state index in [1.807, 2.05) is 19.1 Å². The molecule has 1 aromatic rings. The lowest BCUT2D eigenvalue weighted by Gasteiger charge is -2.14. The van der Waals surface area contributed by atoms with Crippen LogP contribution < -0.4 is 5.32 Å². The van der Waals surface area contributed by atoms with Gasteiger partial charge in [-0.3, -0.25) is 0 Å². The summed E-state index contributed by atoms with van der Waals surface area (Å²) >= 11 is 11.7. The molecule has 0 saturated carbocycles. The highest BCUT2D eigenvalue weighted by molar-refractivity contribution is 6.42. The van der Waals surface area contributed by atoms with Crippen molar-refractivity contribution in [1.82, 2.24) is 5.32 Å². The number of hydrogen-bond donors (Lipinski definition) is 2. The molecule has 0 heterocycles. The van der Waals surface area contributed by atoms with E-state index in [4.69, 9.17) is 28.3 Å². The first-order chi connectivity index (χ1) is 7.17. The van der Waals surface area contributed by atoms with Crippen molar-refractivity contribution in [3.8, 4) is 0 Å². The Kier molecular flexibility index (Phi) is 8.16. The minimum Gasteiger partial charge on any atom is -0.395 e.